The number of hydrogen-bond donors (Lipinski definition) is 1. The highest BCUT2D eigenvalue weighted by Crippen LogP contribution is 2.25. The molecule has 0 aromatic heterocycles. The van der Waals surface area contributed by atoms with E-state index in [4.69, 9.17) is 0 Å². The smallest absolute Gasteiger partial charge is 0.269 e. The maximum absolute atomic E-state index is 10.5. The van der Waals surface area contributed by atoms with Crippen LogP contribution in [0.3, 0.4) is 0 Å². The molecule has 2 rings (SSSR count). The van der Waals surface area contributed by atoms with Crippen molar-refractivity contribution in [3.8, 4) is 0 Å². The van der Waals surface area contributed by atoms with Gasteiger partial charge in [-0.05, 0) is 24.2 Å². The molecular weight excluding hydrogens is 248 g/mol. The van der Waals surface area contributed by atoms with Gasteiger partial charge in [0.25, 0.3) is 5.69 Å². The molecule has 0 amide bonds. The molecule has 1 N–H and O–H groups in total. The van der Waals surface area contributed by atoms with Gasteiger partial charge in [0, 0.05) is 30.0 Å². The summed E-state index contributed by atoms with van der Waals surface area (Å²) < 4.78 is 0. The second-order valence-corrected chi connectivity index (χ2v) is 6.11. The summed E-state index contributed by atoms with van der Waals surface area (Å²) in [4.78, 5) is 10.2. The monoisotopic (exact) mass is 266 g/mol. The highest BCUT2D eigenvalue weighted by Gasteiger charge is 2.20. The Morgan fingerprint density at radius 3 is 2.78 bits per heavy atom. The van der Waals surface area contributed by atoms with Crippen LogP contribution >= 0.6 is 11.8 Å². The minimum absolute atomic E-state index is 0.153. The van der Waals surface area contributed by atoms with Crippen LogP contribution in [0.25, 0.3) is 0 Å². The summed E-state index contributed by atoms with van der Waals surface area (Å²) in [5, 5.41) is 14.7. The zero-order valence-corrected chi connectivity index (χ0v) is 11.3. The molecular formula is C13H18N2O2S. The summed E-state index contributed by atoms with van der Waals surface area (Å²) in [7, 11) is 0. The first kappa shape index (κ1) is 13.4. The third-order valence-electron chi connectivity index (χ3n) is 3.32. The summed E-state index contributed by atoms with van der Waals surface area (Å²) in [5.41, 5.74) is 1.25. The Hall–Kier alpha value is -1.07. The van der Waals surface area contributed by atoms with Crippen molar-refractivity contribution < 1.29 is 4.92 Å². The molecule has 0 spiro atoms. The second kappa shape index (κ2) is 6.20. The van der Waals surface area contributed by atoms with Gasteiger partial charge in [-0.25, -0.2) is 0 Å². The van der Waals surface area contributed by atoms with E-state index in [1.54, 1.807) is 12.1 Å². The lowest BCUT2D eigenvalue weighted by Gasteiger charge is -2.29. The topological polar surface area (TPSA) is 55.2 Å². The molecule has 1 aliphatic heterocycles. The molecule has 0 aliphatic carbocycles. The normalized spacial score (nSPS) is 23.8. The Bertz CT molecular complexity index is 408. The number of nitro groups is 1. The zero-order chi connectivity index (χ0) is 13.0. The number of thioether (sulfide) groups is 1. The summed E-state index contributed by atoms with van der Waals surface area (Å²) >= 11 is 2.02. The van der Waals surface area contributed by atoms with Crippen LogP contribution in [0.2, 0.25) is 0 Å². The van der Waals surface area contributed by atoms with E-state index in [2.05, 4.69) is 12.2 Å². The Morgan fingerprint density at radius 2 is 2.17 bits per heavy atom. The third-order valence-corrected chi connectivity index (χ3v) is 4.70. The Balaban J connectivity index is 1.87. The van der Waals surface area contributed by atoms with Gasteiger partial charge in [-0.15, -0.1) is 0 Å². The average molecular weight is 266 g/mol. The van der Waals surface area contributed by atoms with E-state index >= 15 is 0 Å². The van der Waals surface area contributed by atoms with E-state index in [1.165, 1.54) is 18.6 Å². The van der Waals surface area contributed by atoms with E-state index in [0.29, 0.717) is 11.3 Å². The van der Waals surface area contributed by atoms with Crippen LogP contribution in [0.4, 0.5) is 5.69 Å². The number of hydrogen-bond acceptors (Lipinski definition) is 4. The molecule has 1 aliphatic rings. The van der Waals surface area contributed by atoms with Crippen molar-refractivity contribution in [2.75, 3.05) is 5.75 Å². The van der Waals surface area contributed by atoms with Crippen LogP contribution in [-0.4, -0.2) is 22.0 Å². The fraction of sp³-hybridized carbons (Fsp3) is 0.538. The molecule has 1 aromatic carbocycles. The van der Waals surface area contributed by atoms with Gasteiger partial charge in [0.15, 0.2) is 0 Å². The molecule has 1 aromatic rings. The van der Waals surface area contributed by atoms with Crippen molar-refractivity contribution in [3.63, 3.8) is 0 Å². The molecule has 0 bridgehead atoms. The lowest BCUT2D eigenvalue weighted by molar-refractivity contribution is -0.384. The first-order chi connectivity index (χ1) is 8.66. The number of benzene rings is 1. The van der Waals surface area contributed by atoms with Crippen molar-refractivity contribution in [1.82, 2.24) is 5.32 Å². The highest BCUT2D eigenvalue weighted by atomic mass is 32.2. The Kier molecular flexibility index (Phi) is 4.60. The molecule has 1 fully saturated rings. The molecule has 2 unspecified atom stereocenters. The summed E-state index contributed by atoms with van der Waals surface area (Å²) in [5.74, 6) is 1.26. The molecule has 18 heavy (non-hydrogen) atoms. The van der Waals surface area contributed by atoms with Gasteiger partial charge in [-0.1, -0.05) is 19.1 Å². The van der Waals surface area contributed by atoms with Gasteiger partial charge in [0.1, 0.15) is 0 Å². The zero-order valence-electron chi connectivity index (χ0n) is 10.5. The quantitative estimate of drug-likeness (QED) is 0.672. The number of rotatable bonds is 4. The van der Waals surface area contributed by atoms with E-state index < -0.39 is 0 Å². The standard InChI is InChI=1S/C13H18N2O2S/c1-10-13(3-2-8-18-10)14-9-11-4-6-12(7-5-11)15(16)17/h4-7,10,13-14H,2-3,8-9H2,1H3. The Labute approximate surface area is 111 Å². The van der Waals surface area contributed by atoms with Crippen molar-refractivity contribution in [3.05, 3.63) is 39.9 Å². The van der Waals surface area contributed by atoms with Gasteiger partial charge in [0.2, 0.25) is 0 Å². The van der Waals surface area contributed by atoms with Crippen molar-refractivity contribution >= 4 is 17.4 Å². The van der Waals surface area contributed by atoms with Crippen molar-refractivity contribution in [2.24, 2.45) is 0 Å². The van der Waals surface area contributed by atoms with E-state index in [9.17, 15) is 10.1 Å². The largest absolute Gasteiger partial charge is 0.309 e. The molecule has 1 heterocycles. The predicted octanol–water partition coefficient (Wildman–Crippen LogP) is 2.97. The van der Waals surface area contributed by atoms with Crippen LogP contribution in [0.1, 0.15) is 25.3 Å². The molecule has 1 saturated heterocycles. The van der Waals surface area contributed by atoms with Crippen molar-refractivity contribution in [1.29, 1.82) is 0 Å². The lowest BCUT2D eigenvalue weighted by atomic mass is 10.1. The summed E-state index contributed by atoms with van der Waals surface area (Å²) in [6.07, 6.45) is 2.49. The average Bonchev–Trinajstić information content (AvgIpc) is 2.38. The number of nitrogens with one attached hydrogen (secondary N) is 1. The van der Waals surface area contributed by atoms with Crippen LogP contribution in [0.15, 0.2) is 24.3 Å². The van der Waals surface area contributed by atoms with Gasteiger partial charge in [-0.2, -0.15) is 11.8 Å². The molecule has 98 valence electrons. The summed E-state index contributed by atoms with van der Waals surface area (Å²) in [6, 6.07) is 7.34. The highest BCUT2D eigenvalue weighted by molar-refractivity contribution is 7.99. The minimum atomic E-state index is -0.364. The molecule has 0 saturated carbocycles. The predicted molar refractivity (Wildman–Crippen MR) is 74.9 cm³/mol. The molecule has 5 heteroatoms. The van der Waals surface area contributed by atoms with Crippen LogP contribution in [-0.2, 0) is 6.54 Å². The SMILES string of the molecule is CC1SCCCC1NCc1ccc([N+](=O)[O-])cc1. The number of non-ortho nitro benzene ring substituents is 1. The van der Waals surface area contributed by atoms with Gasteiger partial charge >= 0.3 is 0 Å². The lowest BCUT2D eigenvalue weighted by Crippen LogP contribution is -2.38. The number of nitro benzene ring substituents is 1. The fourth-order valence-electron chi connectivity index (χ4n) is 2.18. The first-order valence-electron chi connectivity index (χ1n) is 6.25. The van der Waals surface area contributed by atoms with E-state index in [0.717, 1.165) is 12.1 Å². The fourth-order valence-corrected chi connectivity index (χ4v) is 3.35. The third kappa shape index (κ3) is 3.46. The first-order valence-corrected chi connectivity index (χ1v) is 7.30. The maximum Gasteiger partial charge on any atom is 0.269 e. The van der Waals surface area contributed by atoms with E-state index in [1.807, 2.05) is 23.9 Å². The van der Waals surface area contributed by atoms with Crippen LogP contribution < -0.4 is 5.32 Å². The van der Waals surface area contributed by atoms with Gasteiger partial charge in [0.05, 0.1) is 4.92 Å². The van der Waals surface area contributed by atoms with Gasteiger partial charge < -0.3 is 5.32 Å². The van der Waals surface area contributed by atoms with Crippen LogP contribution in [0, 0.1) is 10.1 Å². The summed E-state index contributed by atoms with van der Waals surface area (Å²) in [6.45, 7) is 3.05. The second-order valence-electron chi connectivity index (χ2n) is 4.63. The van der Waals surface area contributed by atoms with Gasteiger partial charge in [-0.3, -0.25) is 10.1 Å². The molecule has 2 atom stereocenters. The maximum atomic E-state index is 10.5. The Morgan fingerprint density at radius 1 is 1.44 bits per heavy atom. The number of nitrogens with zero attached hydrogens (tertiary/aromatic N) is 1. The minimum Gasteiger partial charge on any atom is -0.309 e. The van der Waals surface area contributed by atoms with E-state index in [-0.39, 0.29) is 10.6 Å². The van der Waals surface area contributed by atoms with Crippen LogP contribution in [0.5, 0.6) is 0 Å². The molecule has 4 nitrogen and oxygen atoms in total. The van der Waals surface area contributed by atoms with Crippen molar-refractivity contribution in [2.45, 2.75) is 37.6 Å². The molecule has 0 radical (unpaired) electrons.